The maximum atomic E-state index is 11.1. The van der Waals surface area contributed by atoms with E-state index in [2.05, 4.69) is 22.5 Å². The highest BCUT2D eigenvalue weighted by Crippen LogP contribution is 2.25. The zero-order valence-electron chi connectivity index (χ0n) is 9.46. The lowest BCUT2D eigenvalue weighted by molar-refractivity contribution is -0.117. The Kier molecular flexibility index (Phi) is 5.55. The molecule has 0 unspecified atom stereocenters. The van der Waals surface area contributed by atoms with Crippen LogP contribution in [0.15, 0.2) is 0 Å². The number of hydrogen-bond donors (Lipinski definition) is 2. The number of likely N-dealkylation sites (N-methyl/N-ethyl adjacent to an activating group) is 1. The molecule has 0 bridgehead atoms. The number of nitrogens with one attached hydrogen (secondary N) is 2. The Labute approximate surface area is 101 Å². The summed E-state index contributed by atoms with van der Waals surface area (Å²) in [4.78, 5) is 24.2. The van der Waals surface area contributed by atoms with Crippen LogP contribution in [0.2, 0.25) is 0 Å². The van der Waals surface area contributed by atoms with E-state index >= 15 is 0 Å². The second-order valence-electron chi connectivity index (χ2n) is 3.80. The second-order valence-corrected chi connectivity index (χ2v) is 4.06. The van der Waals surface area contributed by atoms with Crippen LogP contribution in [-0.2, 0) is 4.79 Å². The minimum atomic E-state index is -0.478. The van der Waals surface area contributed by atoms with Crippen molar-refractivity contribution in [2.45, 2.75) is 25.8 Å². The lowest BCUT2D eigenvalue weighted by Gasteiger charge is -2.19. The Balaban J connectivity index is 2.09. The minimum Gasteiger partial charge on any atom is -0.337 e. The SMILES string of the molecule is CCN(CCNC(=O)NC(=O)CCl)C1CC1. The van der Waals surface area contributed by atoms with E-state index in [1.807, 2.05) is 0 Å². The van der Waals surface area contributed by atoms with Gasteiger partial charge >= 0.3 is 6.03 Å². The topological polar surface area (TPSA) is 61.4 Å². The molecule has 0 atom stereocenters. The fourth-order valence-corrected chi connectivity index (χ4v) is 1.62. The smallest absolute Gasteiger partial charge is 0.321 e. The number of imide groups is 1. The summed E-state index contributed by atoms with van der Waals surface area (Å²) in [6, 6.07) is 0.219. The largest absolute Gasteiger partial charge is 0.337 e. The Morgan fingerprint density at radius 1 is 1.44 bits per heavy atom. The summed E-state index contributed by atoms with van der Waals surface area (Å²) in [5, 5.41) is 4.75. The van der Waals surface area contributed by atoms with Crippen molar-refractivity contribution >= 4 is 23.5 Å². The van der Waals surface area contributed by atoms with Crippen LogP contribution in [0.3, 0.4) is 0 Å². The van der Waals surface area contributed by atoms with Crippen LogP contribution in [-0.4, -0.2) is 48.4 Å². The molecule has 92 valence electrons. The van der Waals surface area contributed by atoms with E-state index in [1.165, 1.54) is 12.8 Å². The van der Waals surface area contributed by atoms with Crippen LogP contribution >= 0.6 is 11.6 Å². The van der Waals surface area contributed by atoms with E-state index < -0.39 is 11.9 Å². The Morgan fingerprint density at radius 2 is 2.12 bits per heavy atom. The Hall–Kier alpha value is -0.810. The fraction of sp³-hybridized carbons (Fsp3) is 0.800. The number of carbonyl (C=O) groups is 2. The van der Waals surface area contributed by atoms with Crippen LogP contribution < -0.4 is 10.6 Å². The summed E-state index contributed by atoms with van der Waals surface area (Å²) in [7, 11) is 0. The van der Waals surface area contributed by atoms with E-state index in [1.54, 1.807) is 0 Å². The number of amides is 3. The van der Waals surface area contributed by atoms with E-state index in [4.69, 9.17) is 11.6 Å². The molecule has 0 saturated heterocycles. The molecule has 1 saturated carbocycles. The molecule has 1 aliphatic rings. The van der Waals surface area contributed by atoms with Gasteiger partial charge in [-0.2, -0.15) is 0 Å². The van der Waals surface area contributed by atoms with E-state index in [0.717, 1.165) is 13.1 Å². The summed E-state index contributed by atoms with van der Waals surface area (Å²) in [6.07, 6.45) is 2.51. The van der Waals surface area contributed by atoms with Crippen LogP contribution in [0, 0.1) is 0 Å². The summed E-state index contributed by atoms with van der Waals surface area (Å²) in [5.74, 6) is -0.676. The van der Waals surface area contributed by atoms with E-state index in [-0.39, 0.29) is 5.88 Å². The second kappa shape index (κ2) is 6.70. The van der Waals surface area contributed by atoms with Crippen molar-refractivity contribution in [1.82, 2.24) is 15.5 Å². The first-order valence-electron chi connectivity index (χ1n) is 5.55. The summed E-state index contributed by atoms with van der Waals surface area (Å²) in [5.41, 5.74) is 0. The summed E-state index contributed by atoms with van der Waals surface area (Å²) < 4.78 is 0. The molecule has 3 amide bonds. The van der Waals surface area contributed by atoms with Gasteiger partial charge in [0.25, 0.3) is 0 Å². The third-order valence-electron chi connectivity index (χ3n) is 2.53. The highest BCUT2D eigenvalue weighted by atomic mass is 35.5. The van der Waals surface area contributed by atoms with Crippen molar-refractivity contribution in [3.05, 3.63) is 0 Å². The van der Waals surface area contributed by atoms with Crippen molar-refractivity contribution in [2.75, 3.05) is 25.5 Å². The minimum absolute atomic E-state index is 0.198. The van der Waals surface area contributed by atoms with Crippen LogP contribution in [0.5, 0.6) is 0 Å². The molecule has 2 N–H and O–H groups in total. The number of rotatable bonds is 6. The first-order chi connectivity index (χ1) is 7.67. The predicted molar refractivity (Wildman–Crippen MR) is 62.5 cm³/mol. The van der Waals surface area contributed by atoms with Crippen LogP contribution in [0.1, 0.15) is 19.8 Å². The van der Waals surface area contributed by atoms with Crippen LogP contribution in [0.4, 0.5) is 4.79 Å². The average molecular weight is 248 g/mol. The quantitative estimate of drug-likeness (QED) is 0.674. The van der Waals surface area contributed by atoms with Gasteiger partial charge in [0.15, 0.2) is 0 Å². The average Bonchev–Trinajstić information content (AvgIpc) is 3.08. The van der Waals surface area contributed by atoms with Crippen LogP contribution in [0.25, 0.3) is 0 Å². The number of alkyl halides is 1. The van der Waals surface area contributed by atoms with E-state index in [9.17, 15) is 9.59 Å². The molecule has 0 aromatic carbocycles. The molecule has 1 aliphatic carbocycles. The molecule has 0 aromatic rings. The van der Waals surface area contributed by atoms with Gasteiger partial charge in [-0.1, -0.05) is 6.92 Å². The number of hydrogen-bond acceptors (Lipinski definition) is 3. The van der Waals surface area contributed by atoms with Gasteiger partial charge in [-0.25, -0.2) is 4.79 Å². The van der Waals surface area contributed by atoms with Gasteiger partial charge in [0.05, 0.1) is 0 Å². The highest BCUT2D eigenvalue weighted by molar-refractivity contribution is 6.28. The molecule has 1 rings (SSSR count). The van der Waals surface area contributed by atoms with Gasteiger partial charge < -0.3 is 5.32 Å². The monoisotopic (exact) mass is 247 g/mol. The molecule has 5 nitrogen and oxygen atoms in total. The molecule has 16 heavy (non-hydrogen) atoms. The number of urea groups is 1. The number of halogens is 1. The zero-order chi connectivity index (χ0) is 12.0. The molecule has 0 aliphatic heterocycles. The molecule has 0 heterocycles. The fourth-order valence-electron chi connectivity index (χ4n) is 1.56. The van der Waals surface area contributed by atoms with Crippen molar-refractivity contribution < 1.29 is 9.59 Å². The lowest BCUT2D eigenvalue weighted by Crippen LogP contribution is -2.43. The maximum Gasteiger partial charge on any atom is 0.321 e. The normalized spacial score (nSPS) is 14.9. The Bertz CT molecular complexity index is 256. The lowest BCUT2D eigenvalue weighted by atomic mass is 10.4. The van der Waals surface area contributed by atoms with Crippen molar-refractivity contribution in [2.24, 2.45) is 0 Å². The molecule has 0 radical (unpaired) electrons. The van der Waals surface area contributed by atoms with Gasteiger partial charge in [0.1, 0.15) is 5.88 Å². The van der Waals surface area contributed by atoms with Gasteiger partial charge in [0, 0.05) is 19.1 Å². The van der Waals surface area contributed by atoms with E-state index in [0.29, 0.717) is 12.6 Å². The Morgan fingerprint density at radius 3 is 2.62 bits per heavy atom. The van der Waals surface area contributed by atoms with Crippen molar-refractivity contribution in [1.29, 1.82) is 0 Å². The predicted octanol–water partition coefficient (Wildman–Crippen LogP) is 0.535. The molecule has 6 heteroatoms. The summed E-state index contributed by atoms with van der Waals surface area (Å²) >= 11 is 5.25. The molecule has 0 spiro atoms. The molecular weight excluding hydrogens is 230 g/mol. The maximum absolute atomic E-state index is 11.1. The molecular formula is C10H18ClN3O2. The highest BCUT2D eigenvalue weighted by Gasteiger charge is 2.27. The zero-order valence-corrected chi connectivity index (χ0v) is 10.2. The van der Waals surface area contributed by atoms with Gasteiger partial charge in [0.2, 0.25) is 5.91 Å². The molecule has 0 aromatic heterocycles. The van der Waals surface area contributed by atoms with Crippen molar-refractivity contribution in [3.63, 3.8) is 0 Å². The first-order valence-corrected chi connectivity index (χ1v) is 6.08. The third-order valence-corrected chi connectivity index (χ3v) is 2.77. The van der Waals surface area contributed by atoms with Gasteiger partial charge in [-0.3, -0.25) is 15.0 Å². The van der Waals surface area contributed by atoms with Gasteiger partial charge in [-0.15, -0.1) is 11.6 Å². The number of carbonyl (C=O) groups excluding carboxylic acids is 2. The number of nitrogens with zero attached hydrogens (tertiary/aromatic N) is 1. The van der Waals surface area contributed by atoms with Crippen molar-refractivity contribution in [3.8, 4) is 0 Å². The first kappa shape index (κ1) is 13.3. The summed E-state index contributed by atoms with van der Waals surface area (Å²) in [6.45, 7) is 4.47. The third kappa shape index (κ3) is 4.81. The van der Waals surface area contributed by atoms with Gasteiger partial charge in [-0.05, 0) is 19.4 Å². The molecule has 1 fully saturated rings. The standard InChI is InChI=1S/C10H18ClN3O2/c1-2-14(8-3-4-8)6-5-12-10(16)13-9(15)7-11/h8H,2-7H2,1H3,(H2,12,13,15,16).